The number of carbonyl (C=O) groups is 3. The summed E-state index contributed by atoms with van der Waals surface area (Å²) in [6, 6.07) is 12.9. The lowest BCUT2D eigenvalue weighted by Gasteiger charge is -2.31. The van der Waals surface area contributed by atoms with E-state index in [4.69, 9.17) is 0 Å². The molecule has 4 rings (SSSR count). The fraction of sp³-hybridized carbons (Fsp3) is 0.348. The van der Waals surface area contributed by atoms with Gasteiger partial charge >= 0.3 is 0 Å². The molecule has 0 bridgehead atoms. The van der Waals surface area contributed by atoms with Crippen molar-refractivity contribution in [2.75, 3.05) is 6.54 Å². The highest BCUT2D eigenvalue weighted by Gasteiger charge is 2.45. The van der Waals surface area contributed by atoms with E-state index in [1.54, 1.807) is 0 Å². The molecule has 8 heteroatoms. The molecule has 31 heavy (non-hydrogen) atoms. The van der Waals surface area contributed by atoms with E-state index in [2.05, 4.69) is 17.4 Å². The SMILES string of the molecule is C[C@@H](C(=O)NCC1(c2ccccc2)CCCC1)N1C(=O)c2cccc([N+](=O)[O-])c2C1=O. The molecule has 0 unspecified atom stereocenters. The summed E-state index contributed by atoms with van der Waals surface area (Å²) in [5.41, 5.74) is 0.262. The molecule has 3 amide bonds. The molecule has 1 aliphatic heterocycles. The van der Waals surface area contributed by atoms with Gasteiger partial charge in [0.25, 0.3) is 17.5 Å². The van der Waals surface area contributed by atoms with E-state index in [0.717, 1.165) is 36.1 Å². The van der Waals surface area contributed by atoms with Crippen LogP contribution in [0.4, 0.5) is 5.69 Å². The predicted octanol–water partition coefficient (Wildman–Crippen LogP) is 3.21. The molecule has 0 spiro atoms. The minimum atomic E-state index is -1.08. The first-order chi connectivity index (χ1) is 14.9. The van der Waals surface area contributed by atoms with Gasteiger partial charge in [-0.15, -0.1) is 0 Å². The predicted molar refractivity (Wildman–Crippen MR) is 113 cm³/mol. The second kappa shape index (κ2) is 7.94. The summed E-state index contributed by atoms with van der Waals surface area (Å²) in [7, 11) is 0. The maximum atomic E-state index is 12.9. The Balaban J connectivity index is 1.52. The maximum absolute atomic E-state index is 12.9. The van der Waals surface area contributed by atoms with Gasteiger partial charge in [0, 0.05) is 18.0 Å². The van der Waals surface area contributed by atoms with Crippen molar-refractivity contribution >= 4 is 23.4 Å². The van der Waals surface area contributed by atoms with Crippen molar-refractivity contribution in [3.63, 3.8) is 0 Å². The summed E-state index contributed by atoms with van der Waals surface area (Å²) >= 11 is 0. The third kappa shape index (κ3) is 3.48. The number of benzene rings is 2. The van der Waals surface area contributed by atoms with E-state index in [0.29, 0.717) is 6.54 Å². The van der Waals surface area contributed by atoms with Crippen LogP contribution in [0.2, 0.25) is 0 Å². The number of amides is 3. The Morgan fingerprint density at radius 2 is 1.77 bits per heavy atom. The topological polar surface area (TPSA) is 110 Å². The van der Waals surface area contributed by atoms with E-state index in [9.17, 15) is 24.5 Å². The molecule has 0 saturated heterocycles. The summed E-state index contributed by atoms with van der Waals surface area (Å²) in [6.45, 7) is 1.87. The van der Waals surface area contributed by atoms with E-state index in [1.807, 2.05) is 18.2 Å². The van der Waals surface area contributed by atoms with Gasteiger partial charge in [0.15, 0.2) is 0 Å². The lowest BCUT2D eigenvalue weighted by Crippen LogP contribution is -2.50. The average Bonchev–Trinajstić information content (AvgIpc) is 3.36. The molecule has 160 valence electrons. The quantitative estimate of drug-likeness (QED) is 0.438. The summed E-state index contributed by atoms with van der Waals surface area (Å²) in [4.78, 5) is 50.0. The third-order valence-electron chi connectivity index (χ3n) is 6.44. The third-order valence-corrected chi connectivity index (χ3v) is 6.44. The van der Waals surface area contributed by atoms with Gasteiger partial charge in [-0.05, 0) is 31.4 Å². The van der Waals surface area contributed by atoms with Gasteiger partial charge < -0.3 is 5.32 Å². The number of hydrogen-bond donors (Lipinski definition) is 1. The molecule has 1 fully saturated rings. The summed E-state index contributed by atoms with van der Waals surface area (Å²) in [5.74, 6) is -1.96. The molecule has 1 heterocycles. The molecular formula is C23H23N3O5. The minimum absolute atomic E-state index is 0.0459. The van der Waals surface area contributed by atoms with Crippen LogP contribution in [0.15, 0.2) is 48.5 Å². The highest BCUT2D eigenvalue weighted by Crippen LogP contribution is 2.40. The van der Waals surface area contributed by atoms with Gasteiger partial charge in [0.05, 0.1) is 10.5 Å². The Kier molecular flexibility index (Phi) is 5.31. The Bertz CT molecular complexity index is 1060. The second-order valence-electron chi connectivity index (χ2n) is 8.18. The van der Waals surface area contributed by atoms with Gasteiger partial charge in [-0.2, -0.15) is 0 Å². The lowest BCUT2D eigenvalue weighted by atomic mass is 9.79. The zero-order valence-electron chi connectivity index (χ0n) is 17.2. The van der Waals surface area contributed by atoms with Crippen molar-refractivity contribution in [2.45, 2.75) is 44.1 Å². The van der Waals surface area contributed by atoms with Crippen LogP contribution in [0.25, 0.3) is 0 Å². The molecule has 1 N–H and O–H groups in total. The lowest BCUT2D eigenvalue weighted by molar-refractivity contribution is -0.385. The first-order valence-corrected chi connectivity index (χ1v) is 10.3. The van der Waals surface area contributed by atoms with Crippen LogP contribution < -0.4 is 5.32 Å². The number of rotatable bonds is 6. The Morgan fingerprint density at radius 3 is 2.42 bits per heavy atom. The largest absolute Gasteiger partial charge is 0.353 e. The Labute approximate surface area is 179 Å². The highest BCUT2D eigenvalue weighted by molar-refractivity contribution is 6.24. The molecule has 0 aromatic heterocycles. The van der Waals surface area contributed by atoms with Crippen molar-refractivity contribution in [1.29, 1.82) is 0 Å². The minimum Gasteiger partial charge on any atom is -0.353 e. The number of nitro benzene ring substituents is 1. The second-order valence-corrected chi connectivity index (χ2v) is 8.18. The van der Waals surface area contributed by atoms with Crippen molar-refractivity contribution in [3.05, 3.63) is 75.3 Å². The first-order valence-electron chi connectivity index (χ1n) is 10.3. The number of imide groups is 1. The van der Waals surface area contributed by atoms with Crippen LogP contribution >= 0.6 is 0 Å². The Hall–Kier alpha value is -3.55. The number of carbonyl (C=O) groups excluding carboxylic acids is 3. The number of fused-ring (bicyclic) bond motifs is 1. The van der Waals surface area contributed by atoms with Crippen molar-refractivity contribution < 1.29 is 19.3 Å². The highest BCUT2D eigenvalue weighted by atomic mass is 16.6. The van der Waals surface area contributed by atoms with Gasteiger partial charge in [-0.3, -0.25) is 29.4 Å². The number of nitrogens with one attached hydrogen (secondary N) is 1. The molecule has 1 atom stereocenters. The fourth-order valence-electron chi connectivity index (χ4n) is 4.72. The van der Waals surface area contributed by atoms with Crippen molar-refractivity contribution in [1.82, 2.24) is 10.2 Å². The van der Waals surface area contributed by atoms with Crippen LogP contribution in [-0.4, -0.2) is 40.1 Å². The van der Waals surface area contributed by atoms with Gasteiger partial charge in [-0.25, -0.2) is 0 Å². The molecular weight excluding hydrogens is 398 g/mol. The van der Waals surface area contributed by atoms with Crippen LogP contribution in [0, 0.1) is 10.1 Å². The normalized spacial score (nSPS) is 18.0. The smallest absolute Gasteiger partial charge is 0.282 e. The van der Waals surface area contributed by atoms with Crippen LogP contribution in [0.5, 0.6) is 0 Å². The van der Waals surface area contributed by atoms with Gasteiger partial charge in [-0.1, -0.05) is 49.2 Å². The zero-order chi connectivity index (χ0) is 22.2. The molecule has 1 aliphatic carbocycles. The summed E-state index contributed by atoms with van der Waals surface area (Å²) in [6.07, 6.45) is 4.04. The standard InChI is InChI=1S/C23H23N3O5/c1-15(25-21(28)17-10-7-11-18(26(30)31)19(17)22(25)29)20(27)24-14-23(12-5-6-13-23)16-8-3-2-4-9-16/h2-4,7-11,15H,5-6,12-14H2,1H3,(H,24,27)/t15-/m0/s1. The molecule has 1 saturated carbocycles. The van der Waals surface area contributed by atoms with Crippen LogP contribution in [0.1, 0.15) is 58.9 Å². The first kappa shape index (κ1) is 20.7. The Morgan fingerprint density at radius 1 is 1.10 bits per heavy atom. The van der Waals surface area contributed by atoms with Gasteiger partial charge in [0.1, 0.15) is 11.6 Å². The molecule has 2 aliphatic rings. The molecule has 8 nitrogen and oxygen atoms in total. The fourth-order valence-corrected chi connectivity index (χ4v) is 4.72. The van der Waals surface area contributed by atoms with Crippen molar-refractivity contribution in [3.8, 4) is 0 Å². The van der Waals surface area contributed by atoms with Crippen molar-refractivity contribution in [2.24, 2.45) is 0 Å². The van der Waals surface area contributed by atoms with E-state index in [1.165, 1.54) is 25.1 Å². The number of nitrogens with zero attached hydrogens (tertiary/aromatic N) is 2. The van der Waals surface area contributed by atoms with E-state index in [-0.39, 0.29) is 16.5 Å². The van der Waals surface area contributed by atoms with Gasteiger partial charge in [0.2, 0.25) is 5.91 Å². The van der Waals surface area contributed by atoms with E-state index < -0.39 is 34.4 Å². The zero-order valence-corrected chi connectivity index (χ0v) is 17.2. The summed E-state index contributed by atoms with van der Waals surface area (Å²) < 4.78 is 0. The number of nitro groups is 1. The van der Waals surface area contributed by atoms with Crippen LogP contribution in [-0.2, 0) is 10.2 Å². The van der Waals surface area contributed by atoms with Crippen LogP contribution in [0.3, 0.4) is 0 Å². The van der Waals surface area contributed by atoms with E-state index >= 15 is 0 Å². The monoisotopic (exact) mass is 421 g/mol. The molecule has 2 aromatic carbocycles. The summed E-state index contributed by atoms with van der Waals surface area (Å²) in [5, 5.41) is 14.2. The number of hydrogen-bond acceptors (Lipinski definition) is 5. The average molecular weight is 421 g/mol. The molecule has 0 radical (unpaired) electrons. The molecule has 2 aromatic rings. The maximum Gasteiger partial charge on any atom is 0.282 e.